The van der Waals surface area contributed by atoms with Crippen LogP contribution in [0.4, 0.5) is 5.69 Å². The molecule has 0 radical (unpaired) electrons. The van der Waals surface area contributed by atoms with Crippen molar-refractivity contribution in [3.05, 3.63) is 64.2 Å². The highest BCUT2D eigenvalue weighted by Crippen LogP contribution is 2.25. The van der Waals surface area contributed by atoms with Crippen LogP contribution in [-0.4, -0.2) is 12.8 Å². The molecule has 0 amide bonds. The number of fused-ring (bicyclic) bond motifs is 1. The van der Waals surface area contributed by atoms with E-state index in [0.29, 0.717) is 6.61 Å². The van der Waals surface area contributed by atoms with Crippen molar-refractivity contribution in [1.82, 2.24) is 11.0 Å². The van der Waals surface area contributed by atoms with Gasteiger partial charge >= 0.3 is 0 Å². The van der Waals surface area contributed by atoms with Gasteiger partial charge in [-0.3, -0.25) is 0 Å². The van der Waals surface area contributed by atoms with Gasteiger partial charge in [-0.2, -0.15) is 0 Å². The fourth-order valence-electron chi connectivity index (χ4n) is 3.30. The second-order valence-corrected chi connectivity index (χ2v) is 6.78. The van der Waals surface area contributed by atoms with Gasteiger partial charge < -0.3 is 4.84 Å². The fraction of sp³-hybridized carbons (Fsp3) is 0.381. The van der Waals surface area contributed by atoms with Crippen molar-refractivity contribution < 1.29 is 4.84 Å². The first kappa shape index (κ1) is 19.0. The molecule has 1 aliphatic carbocycles. The molecule has 0 aliphatic heterocycles. The zero-order valence-corrected chi connectivity index (χ0v) is 16.2. The van der Waals surface area contributed by atoms with Crippen LogP contribution >= 0.6 is 0 Å². The SMILES string of the molecule is CNNN=Nc1cccc(C)c1CON=C(C)c1ccc2c(c1)CCCC2. The Hall–Kier alpha value is -2.73. The molecule has 0 fully saturated rings. The number of rotatable bonds is 7. The maximum absolute atomic E-state index is 5.66. The van der Waals surface area contributed by atoms with E-state index in [2.05, 4.69) is 44.7 Å². The minimum absolute atomic E-state index is 0.350. The van der Waals surface area contributed by atoms with E-state index in [1.165, 1.54) is 30.4 Å². The predicted octanol–water partition coefficient (Wildman–Crippen LogP) is 4.54. The molecule has 1 aliphatic rings. The third-order valence-electron chi connectivity index (χ3n) is 4.88. The van der Waals surface area contributed by atoms with Crippen molar-refractivity contribution in [2.75, 3.05) is 7.05 Å². The normalized spacial score (nSPS) is 14.3. The summed E-state index contributed by atoms with van der Waals surface area (Å²) in [5.74, 6) is 0. The molecule has 0 saturated carbocycles. The molecule has 0 aromatic heterocycles. The molecule has 0 saturated heterocycles. The highest BCUT2D eigenvalue weighted by atomic mass is 16.6. The Kier molecular flexibility index (Phi) is 6.54. The van der Waals surface area contributed by atoms with Crippen LogP contribution in [0.2, 0.25) is 0 Å². The number of hydrogen-bond acceptors (Lipinski definition) is 5. The van der Waals surface area contributed by atoms with E-state index in [1.807, 2.05) is 32.0 Å². The molecule has 0 atom stereocenters. The average molecular weight is 365 g/mol. The summed E-state index contributed by atoms with van der Waals surface area (Å²) < 4.78 is 0. The monoisotopic (exact) mass is 365 g/mol. The van der Waals surface area contributed by atoms with Crippen LogP contribution in [0.3, 0.4) is 0 Å². The number of nitrogens with zero attached hydrogens (tertiary/aromatic N) is 3. The van der Waals surface area contributed by atoms with Gasteiger partial charge in [0.05, 0.1) is 11.4 Å². The van der Waals surface area contributed by atoms with E-state index in [0.717, 1.165) is 34.5 Å². The number of aryl methyl sites for hydroxylation is 3. The first-order valence-corrected chi connectivity index (χ1v) is 9.38. The van der Waals surface area contributed by atoms with Crippen LogP contribution in [0, 0.1) is 6.92 Å². The van der Waals surface area contributed by atoms with Crippen molar-refractivity contribution in [1.29, 1.82) is 0 Å². The molecule has 142 valence electrons. The molecular weight excluding hydrogens is 338 g/mol. The summed E-state index contributed by atoms with van der Waals surface area (Å²) >= 11 is 0. The van der Waals surface area contributed by atoms with Gasteiger partial charge in [-0.1, -0.05) is 34.6 Å². The Bertz CT molecular complexity index is 844. The lowest BCUT2D eigenvalue weighted by atomic mass is 9.90. The predicted molar refractivity (Wildman–Crippen MR) is 108 cm³/mol. The van der Waals surface area contributed by atoms with E-state index < -0.39 is 0 Å². The average Bonchev–Trinajstić information content (AvgIpc) is 2.69. The van der Waals surface area contributed by atoms with Gasteiger partial charge in [0, 0.05) is 12.6 Å². The number of oxime groups is 1. The van der Waals surface area contributed by atoms with Crippen LogP contribution in [0.25, 0.3) is 0 Å². The lowest BCUT2D eigenvalue weighted by Crippen LogP contribution is -2.20. The molecule has 6 heteroatoms. The molecular formula is C21H27N5O. The van der Waals surface area contributed by atoms with Crippen LogP contribution < -0.4 is 11.0 Å². The first-order chi connectivity index (χ1) is 13.2. The summed E-state index contributed by atoms with van der Waals surface area (Å²) in [5.41, 5.74) is 13.1. The second kappa shape index (κ2) is 9.28. The zero-order chi connectivity index (χ0) is 19.1. The summed E-state index contributed by atoms with van der Waals surface area (Å²) in [4.78, 5) is 5.66. The van der Waals surface area contributed by atoms with Crippen LogP contribution in [0.1, 0.15) is 47.6 Å². The van der Waals surface area contributed by atoms with Crippen molar-refractivity contribution in [3.63, 3.8) is 0 Å². The largest absolute Gasteiger partial charge is 0.391 e. The summed E-state index contributed by atoms with van der Waals surface area (Å²) in [5, 5.41) is 12.4. The maximum atomic E-state index is 5.66. The van der Waals surface area contributed by atoms with Crippen molar-refractivity contribution in [2.24, 2.45) is 15.5 Å². The van der Waals surface area contributed by atoms with Crippen molar-refractivity contribution >= 4 is 11.4 Å². The summed E-state index contributed by atoms with van der Waals surface area (Å²) in [7, 11) is 1.73. The molecule has 6 nitrogen and oxygen atoms in total. The molecule has 2 aromatic rings. The Morgan fingerprint density at radius 2 is 1.93 bits per heavy atom. The molecule has 0 unspecified atom stereocenters. The van der Waals surface area contributed by atoms with Gasteiger partial charge in [0.1, 0.15) is 6.61 Å². The van der Waals surface area contributed by atoms with E-state index in [-0.39, 0.29) is 0 Å². The molecule has 2 N–H and O–H groups in total. The van der Waals surface area contributed by atoms with E-state index in [9.17, 15) is 0 Å². The minimum atomic E-state index is 0.350. The Morgan fingerprint density at radius 3 is 2.74 bits per heavy atom. The topological polar surface area (TPSA) is 70.4 Å². The first-order valence-electron chi connectivity index (χ1n) is 9.38. The lowest BCUT2D eigenvalue weighted by Gasteiger charge is -2.16. The van der Waals surface area contributed by atoms with Crippen LogP contribution in [-0.2, 0) is 24.3 Å². The zero-order valence-electron chi connectivity index (χ0n) is 16.2. The van der Waals surface area contributed by atoms with Crippen LogP contribution in [0.5, 0.6) is 0 Å². The molecule has 3 rings (SSSR count). The molecule has 2 aromatic carbocycles. The Balaban J connectivity index is 1.70. The Morgan fingerprint density at radius 1 is 1.11 bits per heavy atom. The van der Waals surface area contributed by atoms with Gasteiger partial charge in [0.2, 0.25) is 0 Å². The molecule has 0 heterocycles. The van der Waals surface area contributed by atoms with Gasteiger partial charge in [0.25, 0.3) is 0 Å². The maximum Gasteiger partial charge on any atom is 0.144 e. The van der Waals surface area contributed by atoms with Gasteiger partial charge in [-0.15, -0.1) is 5.11 Å². The van der Waals surface area contributed by atoms with E-state index in [4.69, 9.17) is 4.84 Å². The van der Waals surface area contributed by atoms with E-state index in [1.54, 1.807) is 7.05 Å². The summed E-state index contributed by atoms with van der Waals surface area (Å²) in [6.45, 7) is 4.37. The standard InChI is InChI=1S/C21H27N5O/c1-15-7-6-10-21(23-26-25-22-3)20(15)14-27-24-16(2)18-12-11-17-8-4-5-9-19(17)13-18/h6-7,10-13H,4-5,8-9,14H2,1-3H3,(H,22,26)(H,23,25). The van der Waals surface area contributed by atoms with Crippen LogP contribution in [0.15, 0.2) is 51.9 Å². The van der Waals surface area contributed by atoms with Gasteiger partial charge in [0.15, 0.2) is 0 Å². The smallest absolute Gasteiger partial charge is 0.144 e. The summed E-state index contributed by atoms with van der Waals surface area (Å²) in [6, 6.07) is 12.5. The quantitative estimate of drug-likeness (QED) is 0.430. The molecule has 0 bridgehead atoms. The van der Waals surface area contributed by atoms with Gasteiger partial charge in [-0.25, -0.2) is 11.0 Å². The number of nitrogens with one attached hydrogen (secondary N) is 2. The minimum Gasteiger partial charge on any atom is -0.391 e. The molecule has 27 heavy (non-hydrogen) atoms. The second-order valence-electron chi connectivity index (χ2n) is 6.78. The summed E-state index contributed by atoms with van der Waals surface area (Å²) in [6.07, 6.45) is 4.92. The fourth-order valence-corrected chi connectivity index (χ4v) is 3.30. The van der Waals surface area contributed by atoms with Gasteiger partial charge in [-0.05, 0) is 73.9 Å². The number of hydrogen-bond donors (Lipinski definition) is 2. The van der Waals surface area contributed by atoms with E-state index >= 15 is 0 Å². The highest BCUT2D eigenvalue weighted by molar-refractivity contribution is 5.98. The number of benzene rings is 2. The van der Waals surface area contributed by atoms with Crippen molar-refractivity contribution in [2.45, 2.75) is 46.1 Å². The third-order valence-corrected chi connectivity index (χ3v) is 4.88. The Labute approximate surface area is 160 Å². The molecule has 0 spiro atoms. The number of hydrazine groups is 1. The van der Waals surface area contributed by atoms with Crippen molar-refractivity contribution in [3.8, 4) is 0 Å². The third kappa shape index (κ3) is 4.92. The highest BCUT2D eigenvalue weighted by Gasteiger charge is 2.11. The lowest BCUT2D eigenvalue weighted by molar-refractivity contribution is 0.130.